The van der Waals surface area contributed by atoms with Gasteiger partial charge in [-0.15, -0.1) is 0 Å². The quantitative estimate of drug-likeness (QED) is 0.433. The van der Waals surface area contributed by atoms with Gasteiger partial charge in [0.05, 0.1) is 5.54 Å². The van der Waals surface area contributed by atoms with E-state index in [4.69, 9.17) is 9.47 Å². The molecule has 0 bridgehead atoms. The molecule has 0 aromatic heterocycles. The number of carbonyl (C=O) groups is 3. The fraction of sp³-hybridized carbons (Fsp3) is 0.375. The summed E-state index contributed by atoms with van der Waals surface area (Å²) in [5, 5.41) is 10.1. The van der Waals surface area contributed by atoms with Gasteiger partial charge in [0, 0.05) is 11.1 Å². The fourth-order valence-electron chi connectivity index (χ4n) is 2.94. The molecule has 0 atom stereocenters. The highest BCUT2D eigenvalue weighted by Crippen LogP contribution is 2.32. The molecule has 0 saturated heterocycles. The second kappa shape index (κ2) is 10.6. The Hall–Kier alpha value is -3.35. The van der Waals surface area contributed by atoms with Gasteiger partial charge in [0.1, 0.15) is 19.3 Å². The molecule has 0 fully saturated rings. The van der Waals surface area contributed by atoms with E-state index in [1.54, 1.807) is 19.9 Å². The Kier molecular flexibility index (Phi) is 8.79. The van der Waals surface area contributed by atoms with E-state index in [0.29, 0.717) is 5.56 Å². The first-order chi connectivity index (χ1) is 14.3. The van der Waals surface area contributed by atoms with Gasteiger partial charge >= 0.3 is 18.0 Å². The summed E-state index contributed by atoms with van der Waals surface area (Å²) >= 11 is 0. The minimum atomic E-state index is -1.26. The lowest BCUT2D eigenvalue weighted by Crippen LogP contribution is -2.54. The molecule has 1 aromatic rings. The zero-order valence-corrected chi connectivity index (χ0v) is 18.9. The van der Waals surface area contributed by atoms with E-state index in [0.717, 1.165) is 16.0 Å². The van der Waals surface area contributed by atoms with E-state index in [2.05, 4.69) is 19.7 Å². The highest BCUT2D eigenvalue weighted by molar-refractivity contribution is 5.87. The van der Waals surface area contributed by atoms with Crippen molar-refractivity contribution >= 4 is 23.6 Å². The van der Waals surface area contributed by atoms with Crippen molar-refractivity contribution in [2.75, 3.05) is 13.2 Å². The van der Waals surface area contributed by atoms with Crippen molar-refractivity contribution in [1.82, 2.24) is 4.90 Å². The molecule has 0 saturated carbocycles. The van der Waals surface area contributed by atoms with Crippen molar-refractivity contribution in [2.24, 2.45) is 0 Å². The molecule has 0 unspecified atom stereocenters. The first-order valence-corrected chi connectivity index (χ1v) is 9.73. The topological polar surface area (TPSA) is 93.1 Å². The van der Waals surface area contributed by atoms with E-state index < -0.39 is 29.6 Å². The molecule has 1 amide bonds. The standard InChI is InChI=1S/C24H31NO6/c1-15(2)18-10-9-11-19(12-18)24(7,8)25(23(28)29)20(13-30-21(26)16(3)4)14-31-22(27)17(5)6/h9-12,20H,1,3,5,13-14H2,2,4,6-8H3,(H,28,29). The van der Waals surface area contributed by atoms with Crippen LogP contribution < -0.4 is 0 Å². The Balaban J connectivity index is 3.35. The number of carbonyl (C=O) groups excluding carboxylic acids is 2. The number of nitrogens with zero attached hydrogens (tertiary/aromatic N) is 1. The normalized spacial score (nSPS) is 10.9. The minimum absolute atomic E-state index is 0.174. The third-order valence-corrected chi connectivity index (χ3v) is 4.75. The van der Waals surface area contributed by atoms with Crippen LogP contribution in [0.2, 0.25) is 0 Å². The van der Waals surface area contributed by atoms with Gasteiger partial charge in [-0.05, 0) is 51.8 Å². The number of allylic oxidation sites excluding steroid dienone is 1. The first-order valence-electron chi connectivity index (χ1n) is 9.73. The number of benzene rings is 1. The van der Waals surface area contributed by atoms with Crippen LogP contribution in [0, 0.1) is 0 Å². The fourth-order valence-corrected chi connectivity index (χ4v) is 2.94. The molecule has 0 aliphatic heterocycles. The summed E-state index contributed by atoms with van der Waals surface area (Å²) in [5.41, 5.74) is 1.71. The van der Waals surface area contributed by atoms with Gasteiger partial charge < -0.3 is 14.6 Å². The van der Waals surface area contributed by atoms with Crippen LogP contribution in [0.5, 0.6) is 0 Å². The number of rotatable bonds is 10. The van der Waals surface area contributed by atoms with Crippen LogP contribution in [-0.2, 0) is 24.6 Å². The van der Waals surface area contributed by atoms with Crippen LogP contribution >= 0.6 is 0 Å². The van der Waals surface area contributed by atoms with Crippen molar-refractivity contribution in [3.8, 4) is 0 Å². The van der Waals surface area contributed by atoms with Gasteiger partial charge in [-0.3, -0.25) is 4.90 Å². The van der Waals surface area contributed by atoms with Crippen molar-refractivity contribution in [3.63, 3.8) is 0 Å². The summed E-state index contributed by atoms with van der Waals surface area (Å²) in [7, 11) is 0. The average Bonchev–Trinajstić information content (AvgIpc) is 2.68. The van der Waals surface area contributed by atoms with Crippen LogP contribution in [0.4, 0.5) is 4.79 Å². The van der Waals surface area contributed by atoms with Gasteiger partial charge in [-0.25, -0.2) is 14.4 Å². The predicted molar refractivity (Wildman–Crippen MR) is 119 cm³/mol. The monoisotopic (exact) mass is 429 g/mol. The zero-order valence-electron chi connectivity index (χ0n) is 18.9. The lowest BCUT2D eigenvalue weighted by Gasteiger charge is -2.41. The van der Waals surface area contributed by atoms with E-state index >= 15 is 0 Å². The molecule has 7 nitrogen and oxygen atoms in total. The van der Waals surface area contributed by atoms with Gasteiger partial charge in [-0.1, -0.05) is 43.5 Å². The second-order valence-corrected chi connectivity index (χ2v) is 7.98. The summed E-state index contributed by atoms with van der Waals surface area (Å²) in [6.07, 6.45) is -1.26. The molecule has 1 N–H and O–H groups in total. The van der Waals surface area contributed by atoms with Crippen LogP contribution in [0.25, 0.3) is 5.57 Å². The largest absolute Gasteiger partial charge is 0.465 e. The number of hydrogen-bond acceptors (Lipinski definition) is 5. The molecule has 0 radical (unpaired) electrons. The maximum Gasteiger partial charge on any atom is 0.408 e. The van der Waals surface area contributed by atoms with Crippen molar-refractivity contribution < 1.29 is 29.0 Å². The van der Waals surface area contributed by atoms with Crippen LogP contribution in [0.3, 0.4) is 0 Å². The van der Waals surface area contributed by atoms with Crippen molar-refractivity contribution in [1.29, 1.82) is 0 Å². The lowest BCUT2D eigenvalue weighted by molar-refractivity contribution is -0.146. The third kappa shape index (κ3) is 6.84. The lowest BCUT2D eigenvalue weighted by atomic mass is 9.89. The molecule has 168 valence electrons. The molecule has 31 heavy (non-hydrogen) atoms. The predicted octanol–water partition coefficient (Wildman–Crippen LogP) is 4.54. The smallest absolute Gasteiger partial charge is 0.408 e. The Bertz CT molecular complexity index is 869. The number of hydrogen-bond donors (Lipinski definition) is 1. The first kappa shape index (κ1) is 25.7. The van der Waals surface area contributed by atoms with Crippen LogP contribution in [0.15, 0.2) is 55.1 Å². The zero-order chi connectivity index (χ0) is 23.9. The molecule has 0 spiro atoms. The van der Waals surface area contributed by atoms with E-state index in [9.17, 15) is 19.5 Å². The van der Waals surface area contributed by atoms with Crippen molar-refractivity contribution in [2.45, 2.75) is 46.2 Å². The minimum Gasteiger partial charge on any atom is -0.465 e. The number of amides is 1. The molecular formula is C24H31NO6. The Morgan fingerprint density at radius 1 is 1.00 bits per heavy atom. The van der Waals surface area contributed by atoms with E-state index in [1.165, 1.54) is 13.8 Å². The molecule has 1 rings (SSSR count). The highest BCUT2D eigenvalue weighted by Gasteiger charge is 2.39. The summed E-state index contributed by atoms with van der Waals surface area (Å²) < 4.78 is 10.4. The van der Waals surface area contributed by atoms with E-state index in [-0.39, 0.29) is 24.4 Å². The molecule has 1 aromatic carbocycles. The van der Waals surface area contributed by atoms with Crippen LogP contribution in [0.1, 0.15) is 45.7 Å². The van der Waals surface area contributed by atoms with Crippen molar-refractivity contribution in [3.05, 3.63) is 66.3 Å². The van der Waals surface area contributed by atoms with E-state index in [1.807, 2.05) is 25.1 Å². The molecule has 0 aliphatic rings. The molecule has 7 heteroatoms. The second-order valence-electron chi connectivity index (χ2n) is 7.98. The maximum atomic E-state index is 12.3. The average molecular weight is 430 g/mol. The number of ether oxygens (including phenoxy) is 2. The number of esters is 2. The SMILES string of the molecule is C=C(C)C(=O)OCC(COC(=O)C(=C)C)N(C(=O)O)C(C)(C)c1cccc(C(=C)C)c1. The Morgan fingerprint density at radius 3 is 1.87 bits per heavy atom. The number of carboxylic acid groups (broad SMARTS) is 1. The van der Waals surface area contributed by atoms with Gasteiger partial charge in [0.2, 0.25) is 0 Å². The third-order valence-electron chi connectivity index (χ3n) is 4.75. The molecule has 0 aliphatic carbocycles. The summed E-state index contributed by atoms with van der Waals surface area (Å²) in [6, 6.07) is 6.40. The Labute approximate surface area is 183 Å². The van der Waals surface area contributed by atoms with Gasteiger partial charge in [0.25, 0.3) is 0 Å². The molecular weight excluding hydrogens is 398 g/mol. The summed E-state index contributed by atoms with van der Waals surface area (Å²) in [6.45, 7) is 18.6. The summed E-state index contributed by atoms with van der Waals surface area (Å²) in [5.74, 6) is -1.33. The van der Waals surface area contributed by atoms with Gasteiger partial charge in [-0.2, -0.15) is 0 Å². The van der Waals surface area contributed by atoms with Crippen LogP contribution in [-0.4, -0.2) is 47.3 Å². The maximum absolute atomic E-state index is 12.3. The highest BCUT2D eigenvalue weighted by atomic mass is 16.5. The molecule has 0 heterocycles. The van der Waals surface area contributed by atoms with Gasteiger partial charge in [0.15, 0.2) is 0 Å². The Morgan fingerprint density at radius 2 is 1.48 bits per heavy atom. The summed E-state index contributed by atoms with van der Waals surface area (Å²) in [4.78, 5) is 37.3.